The highest BCUT2D eigenvalue weighted by molar-refractivity contribution is 6.31. The van der Waals surface area contributed by atoms with E-state index in [1.54, 1.807) is 15.8 Å². The molecule has 3 aromatic rings. The number of likely N-dealkylation sites (tertiary alicyclic amines) is 1. The maximum absolute atomic E-state index is 13.2. The topological polar surface area (TPSA) is 115 Å². The fourth-order valence-corrected chi connectivity index (χ4v) is 5.70. The summed E-state index contributed by atoms with van der Waals surface area (Å²) in [6, 6.07) is 5.23. The number of anilines is 1. The van der Waals surface area contributed by atoms with Crippen molar-refractivity contribution >= 4 is 23.5 Å². The Balaban J connectivity index is 1.31. The van der Waals surface area contributed by atoms with E-state index in [0.717, 1.165) is 31.4 Å². The molecule has 1 amide bonds. The maximum Gasteiger partial charge on any atom is 0.416 e. The number of carbonyl (C=O) groups excluding carboxylic acids is 1. The highest BCUT2D eigenvalue weighted by Crippen LogP contribution is 2.55. The molecule has 5 rings (SSSR count). The summed E-state index contributed by atoms with van der Waals surface area (Å²) in [5.74, 6) is 0.244. The largest absolute Gasteiger partial charge is 0.444 e. The number of alkyl halides is 3. The zero-order valence-corrected chi connectivity index (χ0v) is 23.1. The molecule has 2 fully saturated rings. The zero-order chi connectivity index (χ0) is 29.0. The SMILES string of the molecule is CC(C)(C)OC(=O)N1CC[C@]2(C1)C[C@H](n1nc(-c3cnn(Cc4cc(C(F)(F)F)ccc4Cl)c3)c(C#N)c1N)C2. The molecular formula is C27H29ClF3N7O2. The normalized spacial score (nSPS) is 20.9. The molecule has 0 radical (unpaired) electrons. The lowest BCUT2D eigenvalue weighted by atomic mass is 9.65. The zero-order valence-electron chi connectivity index (χ0n) is 22.3. The van der Waals surface area contributed by atoms with Crippen LogP contribution in [-0.2, 0) is 17.5 Å². The Morgan fingerprint density at radius 3 is 2.67 bits per heavy atom. The maximum atomic E-state index is 13.2. The van der Waals surface area contributed by atoms with E-state index in [4.69, 9.17) is 22.1 Å². The Kier molecular flexibility index (Phi) is 6.77. The van der Waals surface area contributed by atoms with Crippen molar-refractivity contribution in [2.24, 2.45) is 5.41 Å². The van der Waals surface area contributed by atoms with Gasteiger partial charge in [-0.15, -0.1) is 0 Å². The third-order valence-electron chi connectivity index (χ3n) is 7.44. The number of ether oxygens (including phenoxy) is 1. The predicted octanol–water partition coefficient (Wildman–Crippen LogP) is 5.88. The number of hydrogen-bond donors (Lipinski definition) is 1. The number of aromatic nitrogens is 4. The van der Waals surface area contributed by atoms with Crippen molar-refractivity contribution < 1.29 is 22.7 Å². The fraction of sp³-hybridized carbons (Fsp3) is 0.481. The van der Waals surface area contributed by atoms with Crippen LogP contribution in [0.1, 0.15) is 62.8 Å². The highest BCUT2D eigenvalue weighted by atomic mass is 35.5. The molecule has 2 aromatic heterocycles. The fourth-order valence-electron chi connectivity index (χ4n) is 5.52. The molecule has 0 unspecified atom stereocenters. The highest BCUT2D eigenvalue weighted by Gasteiger charge is 2.51. The van der Waals surface area contributed by atoms with E-state index in [2.05, 4.69) is 16.3 Å². The van der Waals surface area contributed by atoms with Gasteiger partial charge in [0, 0.05) is 29.9 Å². The summed E-state index contributed by atoms with van der Waals surface area (Å²) in [6.45, 7) is 6.74. The van der Waals surface area contributed by atoms with E-state index >= 15 is 0 Å². The van der Waals surface area contributed by atoms with Gasteiger partial charge in [-0.05, 0) is 69.2 Å². The van der Waals surface area contributed by atoms with Crippen LogP contribution in [0.2, 0.25) is 5.02 Å². The molecule has 9 nitrogen and oxygen atoms in total. The molecule has 1 spiro atoms. The van der Waals surface area contributed by atoms with E-state index in [9.17, 15) is 23.2 Å². The van der Waals surface area contributed by atoms with Crippen LogP contribution in [0.3, 0.4) is 0 Å². The molecule has 212 valence electrons. The summed E-state index contributed by atoms with van der Waals surface area (Å²) < 4.78 is 48.1. The van der Waals surface area contributed by atoms with Crippen LogP contribution < -0.4 is 5.73 Å². The van der Waals surface area contributed by atoms with Crippen LogP contribution in [0.25, 0.3) is 11.3 Å². The second-order valence-electron chi connectivity index (χ2n) is 11.6. The number of rotatable bonds is 4. The van der Waals surface area contributed by atoms with Crippen molar-refractivity contribution in [3.8, 4) is 17.3 Å². The van der Waals surface area contributed by atoms with Crippen LogP contribution in [-0.4, -0.2) is 49.2 Å². The molecule has 1 saturated carbocycles. The van der Waals surface area contributed by atoms with Crippen molar-refractivity contribution in [1.82, 2.24) is 24.5 Å². The van der Waals surface area contributed by atoms with Gasteiger partial charge < -0.3 is 15.4 Å². The summed E-state index contributed by atoms with van der Waals surface area (Å²) in [5.41, 5.74) is 6.27. The van der Waals surface area contributed by atoms with Crippen molar-refractivity contribution in [3.63, 3.8) is 0 Å². The van der Waals surface area contributed by atoms with Crippen molar-refractivity contribution in [1.29, 1.82) is 5.26 Å². The molecule has 3 heterocycles. The third-order valence-corrected chi connectivity index (χ3v) is 7.81. The lowest BCUT2D eigenvalue weighted by molar-refractivity contribution is -0.137. The van der Waals surface area contributed by atoms with E-state index in [1.807, 2.05) is 20.8 Å². The van der Waals surface area contributed by atoms with Crippen molar-refractivity contribution in [2.45, 2.75) is 64.4 Å². The number of amides is 1. The average Bonchev–Trinajstić information content (AvgIpc) is 3.55. The Morgan fingerprint density at radius 1 is 1.30 bits per heavy atom. The van der Waals surface area contributed by atoms with E-state index in [1.165, 1.54) is 16.9 Å². The number of benzene rings is 1. The van der Waals surface area contributed by atoms with E-state index < -0.39 is 17.3 Å². The van der Waals surface area contributed by atoms with Gasteiger partial charge in [-0.25, -0.2) is 9.48 Å². The number of nitrogen functional groups attached to an aromatic ring is 1. The predicted molar refractivity (Wildman–Crippen MR) is 141 cm³/mol. The Hall–Kier alpha value is -3.72. The average molecular weight is 576 g/mol. The second-order valence-corrected chi connectivity index (χ2v) is 12.0. The van der Waals surface area contributed by atoms with E-state index in [-0.39, 0.29) is 46.1 Å². The molecule has 1 saturated heterocycles. The number of nitriles is 1. The molecule has 1 aromatic carbocycles. The summed E-state index contributed by atoms with van der Waals surface area (Å²) >= 11 is 6.14. The summed E-state index contributed by atoms with van der Waals surface area (Å²) in [4.78, 5) is 14.2. The van der Waals surface area contributed by atoms with Gasteiger partial charge in [-0.1, -0.05) is 11.6 Å². The summed E-state index contributed by atoms with van der Waals surface area (Å²) in [7, 11) is 0. The molecule has 1 aliphatic heterocycles. The quantitative estimate of drug-likeness (QED) is 0.415. The molecule has 0 bridgehead atoms. The van der Waals surface area contributed by atoms with Crippen molar-refractivity contribution in [3.05, 3.63) is 52.3 Å². The van der Waals surface area contributed by atoms with Gasteiger partial charge in [0.15, 0.2) is 0 Å². The van der Waals surface area contributed by atoms with Gasteiger partial charge in [0.1, 0.15) is 28.7 Å². The van der Waals surface area contributed by atoms with Gasteiger partial charge in [-0.3, -0.25) is 4.68 Å². The minimum atomic E-state index is -4.49. The number of halogens is 4. The van der Waals surface area contributed by atoms with Crippen LogP contribution in [0.5, 0.6) is 0 Å². The second kappa shape index (κ2) is 9.73. The van der Waals surface area contributed by atoms with Gasteiger partial charge >= 0.3 is 12.3 Å². The Bertz CT molecular complexity index is 1490. The molecule has 2 N–H and O–H groups in total. The number of nitrogens with zero attached hydrogens (tertiary/aromatic N) is 6. The van der Waals surface area contributed by atoms with Gasteiger partial charge in [-0.2, -0.15) is 28.6 Å². The molecule has 0 atom stereocenters. The standard InChI is InChI=1S/C27H29ClF3N7O2/c1-25(2,3)40-24(39)36-7-6-26(15-36)9-19(10-26)38-23(33)20(11-32)22(35-38)17-12-34-37(14-17)13-16-8-18(27(29,30)31)4-5-21(16)28/h4-5,8,12,14,19H,6-7,9-10,13,15,33H2,1-3H3/t19-,26-. The Morgan fingerprint density at radius 2 is 2.02 bits per heavy atom. The Labute approximate surface area is 234 Å². The van der Waals surface area contributed by atoms with E-state index in [0.29, 0.717) is 24.3 Å². The van der Waals surface area contributed by atoms with Crippen LogP contribution >= 0.6 is 11.6 Å². The first-order valence-corrected chi connectivity index (χ1v) is 13.2. The molecule has 1 aliphatic carbocycles. The first-order chi connectivity index (χ1) is 18.7. The lowest BCUT2D eigenvalue weighted by Crippen LogP contribution is -2.43. The van der Waals surface area contributed by atoms with Gasteiger partial charge in [0.05, 0.1) is 24.3 Å². The van der Waals surface area contributed by atoms with Crippen molar-refractivity contribution in [2.75, 3.05) is 18.8 Å². The summed E-state index contributed by atoms with van der Waals surface area (Å²) in [6.07, 6.45) is 0.656. The van der Waals surface area contributed by atoms with Crippen LogP contribution in [0.15, 0.2) is 30.6 Å². The molecular weight excluding hydrogens is 547 g/mol. The number of nitrogens with two attached hydrogens (primary N) is 1. The first kappa shape index (κ1) is 27.8. The van der Waals surface area contributed by atoms with Gasteiger partial charge in [0.2, 0.25) is 0 Å². The number of carbonyl (C=O) groups is 1. The van der Waals surface area contributed by atoms with Crippen LogP contribution in [0, 0.1) is 16.7 Å². The number of hydrogen-bond acceptors (Lipinski definition) is 6. The minimum absolute atomic E-state index is 0.000123. The third kappa shape index (κ3) is 5.35. The lowest BCUT2D eigenvalue weighted by Gasteiger charge is -2.45. The molecule has 2 aliphatic rings. The first-order valence-electron chi connectivity index (χ1n) is 12.8. The molecule has 40 heavy (non-hydrogen) atoms. The smallest absolute Gasteiger partial charge is 0.416 e. The summed E-state index contributed by atoms with van der Waals surface area (Å²) in [5, 5.41) is 18.9. The van der Waals surface area contributed by atoms with Crippen LogP contribution in [0.4, 0.5) is 23.8 Å². The molecule has 13 heteroatoms. The monoisotopic (exact) mass is 575 g/mol. The van der Waals surface area contributed by atoms with Gasteiger partial charge in [0.25, 0.3) is 0 Å². The minimum Gasteiger partial charge on any atom is -0.444 e.